The predicted octanol–water partition coefficient (Wildman–Crippen LogP) is 0.309. The topological polar surface area (TPSA) is 75.7 Å². The van der Waals surface area contributed by atoms with Crippen molar-refractivity contribution in [2.24, 2.45) is 0 Å². The summed E-state index contributed by atoms with van der Waals surface area (Å²) in [6.45, 7) is 1.61. The number of hydrogen-bond acceptors (Lipinski definition) is 4. The van der Waals surface area contributed by atoms with Crippen LogP contribution < -0.4 is 10.5 Å². The molecule has 0 saturated carbocycles. The molecule has 0 spiro atoms. The minimum atomic E-state index is -0.851. The molecule has 1 rings (SSSR count). The quantitative estimate of drug-likeness (QED) is 0.607. The number of aliphatic hydroxyl groups is 2. The third kappa shape index (κ3) is 2.61. The van der Waals surface area contributed by atoms with Crippen molar-refractivity contribution in [3.8, 4) is 5.75 Å². The molecule has 0 heterocycles. The second-order valence-electron chi connectivity index (χ2n) is 3.12. The highest BCUT2D eigenvalue weighted by molar-refractivity contribution is 5.53. The van der Waals surface area contributed by atoms with Crippen LogP contribution in [0.25, 0.3) is 0 Å². The molecule has 1 atom stereocenters. The summed E-state index contributed by atoms with van der Waals surface area (Å²) in [5.41, 5.74) is 7.17. The predicted molar refractivity (Wildman–Crippen MR) is 54.2 cm³/mol. The third-order valence-corrected chi connectivity index (χ3v) is 1.97. The monoisotopic (exact) mass is 197 g/mol. The van der Waals surface area contributed by atoms with E-state index in [2.05, 4.69) is 0 Å². The molecular formula is C10H15NO3. The van der Waals surface area contributed by atoms with Gasteiger partial charge in [-0.25, -0.2) is 0 Å². The molecule has 4 nitrogen and oxygen atoms in total. The van der Waals surface area contributed by atoms with Gasteiger partial charge in [-0.05, 0) is 19.1 Å². The van der Waals surface area contributed by atoms with Gasteiger partial charge in [0.05, 0.1) is 6.61 Å². The maximum absolute atomic E-state index is 9.07. The molecular weight excluding hydrogens is 182 g/mol. The lowest BCUT2D eigenvalue weighted by Gasteiger charge is -2.12. The molecule has 0 aliphatic carbocycles. The van der Waals surface area contributed by atoms with E-state index in [0.29, 0.717) is 11.4 Å². The summed E-state index contributed by atoms with van der Waals surface area (Å²) in [4.78, 5) is 0. The fraction of sp³-hybridized carbons (Fsp3) is 0.400. The Bertz CT molecular complexity index is 301. The summed E-state index contributed by atoms with van der Waals surface area (Å²) < 4.78 is 5.28. The van der Waals surface area contributed by atoms with Crippen molar-refractivity contribution >= 4 is 5.69 Å². The molecule has 4 N–H and O–H groups in total. The van der Waals surface area contributed by atoms with Crippen molar-refractivity contribution in [1.29, 1.82) is 0 Å². The van der Waals surface area contributed by atoms with Crippen LogP contribution in [0.3, 0.4) is 0 Å². The molecule has 0 aliphatic rings. The number of nitrogen functional groups attached to an aromatic ring is 1. The first-order chi connectivity index (χ1) is 6.65. The van der Waals surface area contributed by atoms with Gasteiger partial charge in [0.1, 0.15) is 18.5 Å². The van der Waals surface area contributed by atoms with Gasteiger partial charge < -0.3 is 20.7 Å². The second-order valence-corrected chi connectivity index (χ2v) is 3.12. The van der Waals surface area contributed by atoms with Crippen molar-refractivity contribution in [3.05, 3.63) is 23.8 Å². The molecule has 0 amide bonds. The van der Waals surface area contributed by atoms with E-state index in [9.17, 15) is 0 Å². The molecule has 0 saturated heterocycles. The van der Waals surface area contributed by atoms with Crippen LogP contribution in [0.2, 0.25) is 0 Å². The Kier molecular flexibility index (Phi) is 3.73. The SMILES string of the molecule is Cc1c(N)cccc1OCC(O)CO. The van der Waals surface area contributed by atoms with Gasteiger partial charge in [-0.2, -0.15) is 0 Å². The van der Waals surface area contributed by atoms with Crippen molar-refractivity contribution < 1.29 is 14.9 Å². The number of nitrogens with two attached hydrogens (primary N) is 1. The summed E-state index contributed by atoms with van der Waals surface area (Å²) in [5, 5.41) is 17.7. The van der Waals surface area contributed by atoms with Gasteiger partial charge in [-0.15, -0.1) is 0 Å². The average Bonchev–Trinajstić information content (AvgIpc) is 2.20. The Balaban J connectivity index is 2.63. The number of benzene rings is 1. The minimum Gasteiger partial charge on any atom is -0.490 e. The number of anilines is 1. The van der Waals surface area contributed by atoms with E-state index in [4.69, 9.17) is 20.7 Å². The van der Waals surface area contributed by atoms with Gasteiger partial charge in [0.15, 0.2) is 0 Å². The van der Waals surface area contributed by atoms with Gasteiger partial charge in [-0.1, -0.05) is 6.07 Å². The summed E-state index contributed by atoms with van der Waals surface area (Å²) in [7, 11) is 0. The standard InChI is InChI=1S/C10H15NO3/c1-7-9(11)3-2-4-10(7)14-6-8(13)5-12/h2-4,8,12-13H,5-6,11H2,1H3. The highest BCUT2D eigenvalue weighted by Gasteiger charge is 2.05. The van der Waals surface area contributed by atoms with Crippen molar-refractivity contribution in [1.82, 2.24) is 0 Å². The molecule has 1 aromatic rings. The number of ether oxygens (including phenoxy) is 1. The Morgan fingerprint density at radius 1 is 1.50 bits per heavy atom. The largest absolute Gasteiger partial charge is 0.490 e. The van der Waals surface area contributed by atoms with E-state index >= 15 is 0 Å². The van der Waals surface area contributed by atoms with Gasteiger partial charge in [0.2, 0.25) is 0 Å². The van der Waals surface area contributed by atoms with E-state index in [1.165, 1.54) is 0 Å². The number of rotatable bonds is 4. The zero-order valence-electron chi connectivity index (χ0n) is 8.10. The van der Waals surface area contributed by atoms with Crippen LogP contribution in [0.5, 0.6) is 5.75 Å². The van der Waals surface area contributed by atoms with E-state index in [1.807, 2.05) is 6.92 Å². The van der Waals surface area contributed by atoms with Crippen LogP contribution in [0.4, 0.5) is 5.69 Å². The fourth-order valence-electron chi connectivity index (χ4n) is 1.03. The Labute approximate surface area is 82.9 Å². The summed E-state index contributed by atoms with van der Waals surface area (Å²) in [6, 6.07) is 5.34. The zero-order chi connectivity index (χ0) is 10.6. The molecule has 1 aromatic carbocycles. The Morgan fingerprint density at radius 3 is 2.86 bits per heavy atom. The number of hydrogen-bond donors (Lipinski definition) is 3. The van der Waals surface area contributed by atoms with Crippen LogP contribution in [0.15, 0.2) is 18.2 Å². The lowest BCUT2D eigenvalue weighted by atomic mass is 10.2. The normalized spacial score (nSPS) is 12.5. The molecule has 14 heavy (non-hydrogen) atoms. The van der Waals surface area contributed by atoms with E-state index < -0.39 is 6.10 Å². The van der Waals surface area contributed by atoms with Crippen LogP contribution in [-0.4, -0.2) is 29.5 Å². The average molecular weight is 197 g/mol. The minimum absolute atomic E-state index is 0.0702. The van der Waals surface area contributed by atoms with Gasteiger partial charge in [0, 0.05) is 11.3 Å². The van der Waals surface area contributed by atoms with Crippen LogP contribution in [0.1, 0.15) is 5.56 Å². The van der Waals surface area contributed by atoms with Crippen LogP contribution in [-0.2, 0) is 0 Å². The van der Waals surface area contributed by atoms with Gasteiger partial charge in [0.25, 0.3) is 0 Å². The molecule has 1 unspecified atom stereocenters. The highest BCUT2D eigenvalue weighted by atomic mass is 16.5. The van der Waals surface area contributed by atoms with E-state index in [0.717, 1.165) is 5.56 Å². The molecule has 0 bridgehead atoms. The maximum Gasteiger partial charge on any atom is 0.124 e. The molecule has 0 aromatic heterocycles. The molecule has 0 fully saturated rings. The lowest BCUT2D eigenvalue weighted by molar-refractivity contribution is 0.0534. The maximum atomic E-state index is 9.07. The number of aliphatic hydroxyl groups excluding tert-OH is 2. The van der Waals surface area contributed by atoms with Crippen molar-refractivity contribution in [2.75, 3.05) is 18.9 Å². The summed E-state index contributed by atoms with van der Waals surface area (Å²) in [5.74, 6) is 0.637. The summed E-state index contributed by atoms with van der Waals surface area (Å²) in [6.07, 6.45) is -0.851. The first kappa shape index (κ1) is 10.8. The van der Waals surface area contributed by atoms with Gasteiger partial charge in [-0.3, -0.25) is 0 Å². The summed E-state index contributed by atoms with van der Waals surface area (Å²) >= 11 is 0. The first-order valence-corrected chi connectivity index (χ1v) is 4.42. The van der Waals surface area contributed by atoms with Crippen LogP contribution >= 0.6 is 0 Å². The third-order valence-electron chi connectivity index (χ3n) is 1.97. The Hall–Kier alpha value is -1.26. The van der Waals surface area contributed by atoms with Crippen LogP contribution in [0, 0.1) is 6.92 Å². The van der Waals surface area contributed by atoms with Crippen molar-refractivity contribution in [2.45, 2.75) is 13.0 Å². The first-order valence-electron chi connectivity index (χ1n) is 4.42. The molecule has 0 radical (unpaired) electrons. The van der Waals surface area contributed by atoms with Gasteiger partial charge >= 0.3 is 0 Å². The molecule has 78 valence electrons. The Morgan fingerprint density at radius 2 is 2.21 bits per heavy atom. The van der Waals surface area contributed by atoms with E-state index in [-0.39, 0.29) is 13.2 Å². The highest BCUT2D eigenvalue weighted by Crippen LogP contribution is 2.22. The lowest BCUT2D eigenvalue weighted by Crippen LogP contribution is -2.21. The van der Waals surface area contributed by atoms with E-state index in [1.54, 1.807) is 18.2 Å². The molecule has 0 aliphatic heterocycles. The zero-order valence-corrected chi connectivity index (χ0v) is 8.10. The van der Waals surface area contributed by atoms with Crippen molar-refractivity contribution in [3.63, 3.8) is 0 Å². The smallest absolute Gasteiger partial charge is 0.124 e. The molecule has 4 heteroatoms. The fourth-order valence-corrected chi connectivity index (χ4v) is 1.03. The second kappa shape index (κ2) is 4.83.